The molecule has 0 saturated carbocycles. The van der Waals surface area contributed by atoms with E-state index in [1.165, 1.54) is 25.7 Å². The van der Waals surface area contributed by atoms with E-state index in [4.69, 9.17) is 23.8 Å². The van der Waals surface area contributed by atoms with Gasteiger partial charge in [0, 0.05) is 51.9 Å². The number of nitrogens with zero attached hydrogens (tertiary/aromatic N) is 4. The third kappa shape index (κ3) is 5.69. The van der Waals surface area contributed by atoms with Crippen molar-refractivity contribution < 1.29 is 0 Å². The van der Waals surface area contributed by atoms with Crippen LogP contribution in [0.25, 0.3) is 0 Å². The van der Waals surface area contributed by atoms with Crippen molar-refractivity contribution >= 4 is 28.9 Å². The van der Waals surface area contributed by atoms with Crippen molar-refractivity contribution in [3.8, 4) is 0 Å². The van der Waals surface area contributed by atoms with Gasteiger partial charge in [0.15, 0.2) is 5.11 Å². The van der Waals surface area contributed by atoms with Crippen molar-refractivity contribution in [1.82, 2.24) is 24.9 Å². The van der Waals surface area contributed by atoms with Crippen LogP contribution in [0.15, 0.2) is 11.6 Å². The number of allylic oxidation sites excluding steroid dienone is 1. The molecule has 150 valence electrons. The fraction of sp³-hybridized carbons (Fsp3) is 0.700. The van der Waals surface area contributed by atoms with Gasteiger partial charge in [-0.05, 0) is 57.7 Å². The third-order valence-electron chi connectivity index (χ3n) is 5.63. The van der Waals surface area contributed by atoms with Crippen LogP contribution in [0.3, 0.4) is 0 Å². The molecular weight excluding hydrogens is 378 g/mol. The third-order valence-corrected chi connectivity index (χ3v) is 6.51. The van der Waals surface area contributed by atoms with Crippen molar-refractivity contribution in [2.24, 2.45) is 7.05 Å². The summed E-state index contributed by atoms with van der Waals surface area (Å²) in [5.41, 5.74) is 3.77. The van der Waals surface area contributed by atoms with Gasteiger partial charge in [-0.15, -0.1) is 0 Å². The van der Waals surface area contributed by atoms with Crippen LogP contribution in [-0.4, -0.2) is 57.4 Å². The minimum absolute atomic E-state index is 0.753. The molecule has 0 unspecified atom stereocenters. The summed E-state index contributed by atoms with van der Waals surface area (Å²) < 4.78 is 1.76. The first-order valence-corrected chi connectivity index (χ1v) is 10.9. The van der Waals surface area contributed by atoms with Gasteiger partial charge in [-0.2, -0.15) is 5.10 Å². The van der Waals surface area contributed by atoms with Gasteiger partial charge in [-0.1, -0.05) is 23.3 Å². The van der Waals surface area contributed by atoms with Crippen LogP contribution in [0.4, 0.5) is 0 Å². The van der Waals surface area contributed by atoms with Crippen molar-refractivity contribution in [2.45, 2.75) is 52.0 Å². The standard InChI is InChI=1S/C20H32ClN5S/c1-16-18(19(21)24(2)23-16)15-25-11-6-12-26(14-13-25)20(27)22-10-9-17-7-4-3-5-8-17/h7H,3-6,8-15H2,1-2H3,(H,22,27). The molecule has 1 fully saturated rings. The topological polar surface area (TPSA) is 36.3 Å². The van der Waals surface area contributed by atoms with Crippen LogP contribution >= 0.6 is 23.8 Å². The molecule has 0 amide bonds. The van der Waals surface area contributed by atoms with Crippen molar-refractivity contribution in [1.29, 1.82) is 0 Å². The molecule has 1 aliphatic carbocycles. The maximum Gasteiger partial charge on any atom is 0.168 e. The SMILES string of the molecule is Cc1nn(C)c(Cl)c1CN1CCCN(C(=S)NCCC2=CCCCC2)CC1. The molecule has 1 aromatic rings. The fourth-order valence-corrected chi connectivity index (χ4v) is 4.50. The first-order valence-electron chi connectivity index (χ1n) is 10.2. The van der Waals surface area contributed by atoms with Gasteiger partial charge < -0.3 is 10.2 Å². The Kier molecular flexibility index (Phi) is 7.56. The van der Waals surface area contributed by atoms with Crippen molar-refractivity contribution in [2.75, 3.05) is 32.7 Å². The molecule has 7 heteroatoms. The lowest BCUT2D eigenvalue weighted by atomic mass is 9.97. The molecule has 5 nitrogen and oxygen atoms in total. The predicted octanol–water partition coefficient (Wildman–Crippen LogP) is 3.65. The van der Waals surface area contributed by atoms with E-state index in [1.807, 2.05) is 14.0 Å². The van der Waals surface area contributed by atoms with E-state index in [-0.39, 0.29) is 0 Å². The number of rotatable bonds is 5. The molecule has 1 aliphatic heterocycles. The summed E-state index contributed by atoms with van der Waals surface area (Å²) in [4.78, 5) is 4.79. The van der Waals surface area contributed by atoms with Gasteiger partial charge in [0.05, 0.1) is 5.69 Å². The Hall–Kier alpha value is -1.11. The Morgan fingerprint density at radius 1 is 1.22 bits per heavy atom. The second-order valence-corrected chi connectivity index (χ2v) is 8.43. The molecule has 0 radical (unpaired) electrons. The van der Waals surface area contributed by atoms with Gasteiger partial charge >= 0.3 is 0 Å². The second kappa shape index (κ2) is 9.89. The molecule has 1 saturated heterocycles. The zero-order chi connectivity index (χ0) is 19.2. The van der Waals surface area contributed by atoms with Gasteiger partial charge in [0.25, 0.3) is 0 Å². The number of nitrogens with one attached hydrogen (secondary N) is 1. The number of hydrogen-bond donors (Lipinski definition) is 1. The van der Waals surface area contributed by atoms with Crippen LogP contribution in [0.1, 0.15) is 49.8 Å². The van der Waals surface area contributed by atoms with Gasteiger partial charge in [0.1, 0.15) is 5.15 Å². The maximum atomic E-state index is 6.40. The summed E-state index contributed by atoms with van der Waals surface area (Å²) in [7, 11) is 1.90. The molecule has 0 atom stereocenters. The van der Waals surface area contributed by atoms with E-state index >= 15 is 0 Å². The highest BCUT2D eigenvalue weighted by Gasteiger charge is 2.20. The van der Waals surface area contributed by atoms with Crippen LogP contribution in [0, 0.1) is 6.92 Å². The average molecular weight is 410 g/mol. The molecule has 2 heterocycles. The van der Waals surface area contributed by atoms with Crippen LogP contribution in [0.2, 0.25) is 5.15 Å². The maximum absolute atomic E-state index is 6.40. The largest absolute Gasteiger partial charge is 0.362 e. The Labute approximate surface area is 173 Å². The monoisotopic (exact) mass is 409 g/mol. The van der Waals surface area contributed by atoms with E-state index in [9.17, 15) is 0 Å². The van der Waals surface area contributed by atoms with Gasteiger partial charge in [-0.25, -0.2) is 0 Å². The first-order chi connectivity index (χ1) is 13.0. The Balaban J connectivity index is 1.44. The first kappa shape index (κ1) is 20.6. The molecule has 2 aliphatic rings. The molecule has 1 aromatic heterocycles. The highest BCUT2D eigenvalue weighted by atomic mass is 35.5. The minimum Gasteiger partial charge on any atom is -0.362 e. The van der Waals surface area contributed by atoms with Crippen molar-refractivity contribution in [3.05, 3.63) is 28.1 Å². The van der Waals surface area contributed by atoms with E-state index in [2.05, 4.69) is 26.3 Å². The minimum atomic E-state index is 0.753. The number of thiocarbonyl (C=S) groups is 1. The van der Waals surface area contributed by atoms with Crippen LogP contribution < -0.4 is 5.32 Å². The highest BCUT2D eigenvalue weighted by molar-refractivity contribution is 7.80. The van der Waals surface area contributed by atoms with Gasteiger partial charge in [-0.3, -0.25) is 9.58 Å². The molecular formula is C20H32ClN5S. The second-order valence-electron chi connectivity index (χ2n) is 7.69. The molecule has 1 N–H and O–H groups in total. The number of aromatic nitrogens is 2. The lowest BCUT2D eigenvalue weighted by molar-refractivity contribution is 0.277. The molecule has 0 spiro atoms. The summed E-state index contributed by atoms with van der Waals surface area (Å²) in [5, 5.41) is 9.56. The van der Waals surface area contributed by atoms with E-state index in [1.54, 1.807) is 10.3 Å². The fourth-order valence-electron chi connectivity index (χ4n) is 3.98. The number of aryl methyl sites for hydroxylation is 2. The summed E-state index contributed by atoms with van der Waals surface area (Å²) in [6, 6.07) is 0. The van der Waals surface area contributed by atoms with E-state index in [0.29, 0.717) is 0 Å². The summed E-state index contributed by atoms with van der Waals surface area (Å²) >= 11 is 12.1. The Morgan fingerprint density at radius 2 is 2.07 bits per heavy atom. The quantitative estimate of drug-likeness (QED) is 0.593. The summed E-state index contributed by atoms with van der Waals surface area (Å²) in [6.07, 6.45) is 9.88. The lowest BCUT2D eigenvalue weighted by Gasteiger charge is -2.25. The molecule has 27 heavy (non-hydrogen) atoms. The normalized spacial score (nSPS) is 18.9. The zero-order valence-electron chi connectivity index (χ0n) is 16.6. The number of hydrogen-bond acceptors (Lipinski definition) is 3. The molecule has 0 aromatic carbocycles. The highest BCUT2D eigenvalue weighted by Crippen LogP contribution is 2.21. The Morgan fingerprint density at radius 3 is 2.78 bits per heavy atom. The zero-order valence-corrected chi connectivity index (χ0v) is 18.2. The molecule has 0 bridgehead atoms. The lowest BCUT2D eigenvalue weighted by Crippen LogP contribution is -2.42. The van der Waals surface area contributed by atoms with E-state index < -0.39 is 0 Å². The predicted molar refractivity (Wildman–Crippen MR) is 116 cm³/mol. The summed E-state index contributed by atoms with van der Waals surface area (Å²) in [5.74, 6) is 0. The van der Waals surface area contributed by atoms with Gasteiger partial charge in [0.2, 0.25) is 0 Å². The van der Waals surface area contributed by atoms with Crippen LogP contribution in [-0.2, 0) is 13.6 Å². The van der Waals surface area contributed by atoms with Crippen molar-refractivity contribution in [3.63, 3.8) is 0 Å². The van der Waals surface area contributed by atoms with Crippen LogP contribution in [0.5, 0.6) is 0 Å². The smallest absolute Gasteiger partial charge is 0.168 e. The Bertz CT molecular complexity index is 684. The number of halogens is 1. The van der Waals surface area contributed by atoms with E-state index in [0.717, 1.165) is 73.6 Å². The summed E-state index contributed by atoms with van der Waals surface area (Å²) in [6.45, 7) is 7.90. The average Bonchev–Trinajstić information content (AvgIpc) is 2.84. The molecule has 3 rings (SSSR count).